The number of para-hydroxylation sites is 1. The van der Waals surface area contributed by atoms with Crippen molar-refractivity contribution in [3.63, 3.8) is 0 Å². The number of aliphatic imine (C=N–C) groups is 1. The van der Waals surface area contributed by atoms with Gasteiger partial charge in [-0.05, 0) is 29.8 Å². The van der Waals surface area contributed by atoms with Gasteiger partial charge in [0.15, 0.2) is 11.5 Å². The quantitative estimate of drug-likeness (QED) is 0.235. The number of nitrogens with zero attached hydrogens (tertiary/aromatic N) is 3. The third kappa shape index (κ3) is 4.29. The predicted molar refractivity (Wildman–Crippen MR) is 122 cm³/mol. The van der Waals surface area contributed by atoms with Crippen molar-refractivity contribution in [3.8, 4) is 33.2 Å². The first-order chi connectivity index (χ1) is 15.1. The number of hydrogen-bond acceptors (Lipinski definition) is 7. The number of rotatable bonds is 6. The van der Waals surface area contributed by atoms with E-state index in [1.807, 2.05) is 30.3 Å². The molecule has 8 heteroatoms. The topological polar surface area (TPSA) is 97.9 Å². The lowest BCUT2D eigenvalue weighted by molar-refractivity contribution is -0.384. The molecule has 0 spiro atoms. The van der Waals surface area contributed by atoms with Crippen LogP contribution >= 0.6 is 11.3 Å². The number of nitro groups is 1. The lowest BCUT2D eigenvalue weighted by Gasteiger charge is -2.04. The van der Waals surface area contributed by atoms with Crippen molar-refractivity contribution in [2.24, 2.45) is 4.99 Å². The van der Waals surface area contributed by atoms with E-state index in [4.69, 9.17) is 4.74 Å². The smallest absolute Gasteiger partial charge is 0.269 e. The molecule has 1 heterocycles. The molecule has 3 aromatic carbocycles. The molecular weight excluding hydrogens is 414 g/mol. The Balaban J connectivity index is 1.76. The summed E-state index contributed by atoms with van der Waals surface area (Å²) in [6.07, 6.45) is 1.53. The summed E-state index contributed by atoms with van der Waals surface area (Å²) in [6, 6.07) is 21.2. The number of methoxy groups -OCH3 is 1. The number of benzene rings is 3. The molecular formula is C23H17N3O4S. The van der Waals surface area contributed by atoms with Gasteiger partial charge < -0.3 is 9.84 Å². The van der Waals surface area contributed by atoms with Gasteiger partial charge >= 0.3 is 0 Å². The maximum atomic E-state index is 11.0. The Bertz CT molecular complexity index is 1250. The van der Waals surface area contributed by atoms with E-state index in [-0.39, 0.29) is 11.4 Å². The van der Waals surface area contributed by atoms with Crippen molar-refractivity contribution in [2.45, 2.75) is 0 Å². The third-order valence-corrected chi connectivity index (χ3v) is 5.58. The fourth-order valence-electron chi connectivity index (χ4n) is 3.02. The number of non-ortho nitro benzene ring substituents is 1. The molecule has 1 aromatic heterocycles. The first-order valence-electron chi connectivity index (χ1n) is 9.28. The fourth-order valence-corrected chi connectivity index (χ4v) is 3.96. The molecule has 0 fully saturated rings. The standard InChI is InChI=1S/C23H17N3O4S/c1-30-19-9-5-8-17(21(19)27)14-24-23-25-20(15-6-3-2-4-7-15)22(31-23)16-10-12-18(13-11-16)26(28)29/h2-14,27H,1H3. The van der Waals surface area contributed by atoms with Gasteiger partial charge in [-0.15, -0.1) is 0 Å². The molecule has 0 atom stereocenters. The zero-order valence-electron chi connectivity index (χ0n) is 16.4. The number of aromatic nitrogens is 1. The minimum absolute atomic E-state index is 0.00387. The molecule has 0 bridgehead atoms. The fraction of sp³-hybridized carbons (Fsp3) is 0.0435. The summed E-state index contributed by atoms with van der Waals surface area (Å²) >= 11 is 1.36. The normalized spacial score (nSPS) is 11.0. The van der Waals surface area contributed by atoms with Crippen molar-refractivity contribution < 1.29 is 14.8 Å². The lowest BCUT2D eigenvalue weighted by atomic mass is 10.1. The van der Waals surface area contributed by atoms with Crippen molar-refractivity contribution in [2.75, 3.05) is 7.11 Å². The van der Waals surface area contributed by atoms with Crippen LogP contribution in [-0.2, 0) is 0 Å². The number of phenols is 1. The van der Waals surface area contributed by atoms with Gasteiger partial charge in [-0.1, -0.05) is 47.7 Å². The zero-order valence-corrected chi connectivity index (χ0v) is 17.2. The molecule has 0 saturated carbocycles. The largest absolute Gasteiger partial charge is 0.504 e. The second-order valence-electron chi connectivity index (χ2n) is 6.50. The molecule has 4 rings (SSSR count). The number of aromatic hydroxyl groups is 1. The van der Waals surface area contributed by atoms with E-state index >= 15 is 0 Å². The van der Waals surface area contributed by atoms with Crippen LogP contribution in [0.4, 0.5) is 10.8 Å². The molecule has 0 saturated heterocycles. The summed E-state index contributed by atoms with van der Waals surface area (Å²) in [5.74, 6) is 0.365. The Hall–Kier alpha value is -4.04. The monoisotopic (exact) mass is 431 g/mol. The summed E-state index contributed by atoms with van der Waals surface area (Å²) in [6.45, 7) is 0. The summed E-state index contributed by atoms with van der Waals surface area (Å²) in [5, 5.41) is 21.7. The molecule has 0 amide bonds. The Kier molecular flexibility index (Phi) is 5.72. The molecule has 0 radical (unpaired) electrons. The van der Waals surface area contributed by atoms with Crippen LogP contribution in [0.25, 0.3) is 21.7 Å². The highest BCUT2D eigenvalue weighted by Gasteiger charge is 2.16. The van der Waals surface area contributed by atoms with Crippen molar-refractivity contribution >= 4 is 28.4 Å². The van der Waals surface area contributed by atoms with Crippen molar-refractivity contribution in [1.82, 2.24) is 4.98 Å². The van der Waals surface area contributed by atoms with Gasteiger partial charge in [-0.3, -0.25) is 10.1 Å². The van der Waals surface area contributed by atoms with Crippen LogP contribution in [0.5, 0.6) is 11.5 Å². The first kappa shape index (κ1) is 20.2. The zero-order chi connectivity index (χ0) is 21.8. The second kappa shape index (κ2) is 8.76. The molecule has 0 aliphatic carbocycles. The van der Waals surface area contributed by atoms with Crippen molar-refractivity contribution in [1.29, 1.82) is 0 Å². The molecule has 0 unspecified atom stereocenters. The summed E-state index contributed by atoms with van der Waals surface area (Å²) in [7, 11) is 1.49. The highest BCUT2D eigenvalue weighted by Crippen LogP contribution is 2.40. The molecule has 4 aromatic rings. The molecule has 0 aliphatic heterocycles. The highest BCUT2D eigenvalue weighted by molar-refractivity contribution is 7.19. The SMILES string of the molecule is COc1cccc(C=Nc2nc(-c3ccccc3)c(-c3ccc([N+](=O)[O-])cc3)s2)c1O. The Morgan fingerprint density at radius 1 is 1.03 bits per heavy atom. The van der Waals surface area contributed by atoms with Gasteiger partial charge in [0.05, 0.1) is 22.6 Å². The summed E-state index contributed by atoms with van der Waals surface area (Å²) in [4.78, 5) is 20.5. The Morgan fingerprint density at radius 2 is 1.77 bits per heavy atom. The van der Waals surface area contributed by atoms with E-state index in [0.717, 1.165) is 21.7 Å². The van der Waals surface area contributed by atoms with Crippen LogP contribution in [-0.4, -0.2) is 28.3 Å². The van der Waals surface area contributed by atoms with E-state index < -0.39 is 4.92 Å². The minimum atomic E-state index is -0.426. The van der Waals surface area contributed by atoms with Gasteiger partial charge in [-0.25, -0.2) is 9.98 Å². The maximum Gasteiger partial charge on any atom is 0.269 e. The van der Waals surface area contributed by atoms with Crippen LogP contribution in [0.2, 0.25) is 0 Å². The maximum absolute atomic E-state index is 11.0. The second-order valence-corrected chi connectivity index (χ2v) is 7.48. The Labute approximate surface area is 182 Å². The van der Waals surface area contributed by atoms with Gasteiger partial charge in [0.25, 0.3) is 5.69 Å². The summed E-state index contributed by atoms with van der Waals surface area (Å²) in [5.41, 5.74) is 3.00. The van der Waals surface area contributed by atoms with Crippen molar-refractivity contribution in [3.05, 3.63) is 88.5 Å². The molecule has 1 N–H and O–H groups in total. The van der Waals surface area contributed by atoms with E-state index in [9.17, 15) is 15.2 Å². The van der Waals surface area contributed by atoms with Crippen LogP contribution in [0.1, 0.15) is 5.56 Å². The number of ether oxygens (including phenoxy) is 1. The van der Waals surface area contributed by atoms with E-state index in [1.165, 1.54) is 36.8 Å². The van der Waals surface area contributed by atoms with E-state index in [2.05, 4.69) is 9.98 Å². The van der Waals surface area contributed by atoms with E-state index in [0.29, 0.717) is 16.4 Å². The van der Waals surface area contributed by atoms with E-state index in [1.54, 1.807) is 30.3 Å². The van der Waals surface area contributed by atoms with Crippen LogP contribution in [0.15, 0.2) is 77.8 Å². The predicted octanol–water partition coefficient (Wildman–Crippen LogP) is 5.85. The number of thiazole rings is 1. The minimum Gasteiger partial charge on any atom is -0.504 e. The van der Waals surface area contributed by atoms with Gasteiger partial charge in [0.1, 0.15) is 0 Å². The van der Waals surface area contributed by atoms with Crippen LogP contribution < -0.4 is 4.74 Å². The van der Waals surface area contributed by atoms with Crippen LogP contribution in [0.3, 0.4) is 0 Å². The first-order valence-corrected chi connectivity index (χ1v) is 10.1. The Morgan fingerprint density at radius 3 is 2.45 bits per heavy atom. The summed E-state index contributed by atoms with van der Waals surface area (Å²) < 4.78 is 5.13. The number of nitro benzene ring substituents is 1. The van der Waals surface area contributed by atoms with Gasteiger partial charge in [0, 0.05) is 29.5 Å². The molecule has 154 valence electrons. The lowest BCUT2D eigenvalue weighted by Crippen LogP contribution is -1.88. The third-order valence-electron chi connectivity index (χ3n) is 4.57. The average molecular weight is 431 g/mol. The molecule has 0 aliphatic rings. The number of hydrogen-bond donors (Lipinski definition) is 1. The average Bonchev–Trinajstić information content (AvgIpc) is 3.23. The molecule has 7 nitrogen and oxygen atoms in total. The van der Waals surface area contributed by atoms with Gasteiger partial charge in [0.2, 0.25) is 5.13 Å². The highest BCUT2D eigenvalue weighted by atomic mass is 32.1. The number of phenolic OH excluding ortho intramolecular Hbond substituents is 1. The van der Waals surface area contributed by atoms with Crippen LogP contribution in [0, 0.1) is 10.1 Å². The molecule has 31 heavy (non-hydrogen) atoms. The van der Waals surface area contributed by atoms with Gasteiger partial charge in [-0.2, -0.15) is 0 Å².